The highest BCUT2D eigenvalue weighted by atomic mass is 16.6. The number of aliphatic hydroxyl groups is 2. The Morgan fingerprint density at radius 2 is 1.91 bits per heavy atom. The van der Waals surface area contributed by atoms with Crippen molar-refractivity contribution in [3.63, 3.8) is 0 Å². The summed E-state index contributed by atoms with van der Waals surface area (Å²) in [5.41, 5.74) is 3.81. The average molecular weight is 473 g/mol. The molecule has 0 aromatic heterocycles. The predicted molar refractivity (Wildman–Crippen MR) is 121 cm³/mol. The van der Waals surface area contributed by atoms with Gasteiger partial charge >= 0.3 is 5.97 Å². The summed E-state index contributed by atoms with van der Waals surface area (Å²) >= 11 is 0. The second-order valence-corrected chi connectivity index (χ2v) is 9.62. The van der Waals surface area contributed by atoms with Crippen LogP contribution in [0.25, 0.3) is 0 Å². The number of morpholine rings is 1. The third-order valence-corrected chi connectivity index (χ3v) is 7.81. The van der Waals surface area contributed by atoms with Crippen molar-refractivity contribution in [3.05, 3.63) is 45.7 Å². The summed E-state index contributed by atoms with van der Waals surface area (Å²) < 4.78 is 16.5. The van der Waals surface area contributed by atoms with Gasteiger partial charge in [0.2, 0.25) is 0 Å². The van der Waals surface area contributed by atoms with Gasteiger partial charge in [0.15, 0.2) is 6.29 Å². The molecule has 2 N–H and O–H groups in total. The van der Waals surface area contributed by atoms with Crippen molar-refractivity contribution < 1.29 is 34.0 Å². The van der Waals surface area contributed by atoms with E-state index in [9.17, 15) is 19.8 Å². The Morgan fingerprint density at radius 3 is 2.62 bits per heavy atom. The zero-order valence-electron chi connectivity index (χ0n) is 19.7. The van der Waals surface area contributed by atoms with Crippen molar-refractivity contribution in [2.24, 2.45) is 0 Å². The van der Waals surface area contributed by atoms with Gasteiger partial charge in [-0.2, -0.15) is 0 Å². The first-order chi connectivity index (χ1) is 16.3. The van der Waals surface area contributed by atoms with Crippen LogP contribution < -0.4 is 0 Å². The SMILES string of the molecule is CC1=C(N2CCOC3(CCN(CC[C@@H](O)c4ccc5c(c4C)COC5=O)CC3)C2=O)COC1O. The van der Waals surface area contributed by atoms with Gasteiger partial charge in [-0.25, -0.2) is 4.79 Å². The molecule has 0 aliphatic carbocycles. The van der Waals surface area contributed by atoms with Gasteiger partial charge in [0.05, 0.1) is 30.6 Å². The number of hydrogen-bond donors (Lipinski definition) is 2. The van der Waals surface area contributed by atoms with Gasteiger partial charge in [-0.1, -0.05) is 6.07 Å². The van der Waals surface area contributed by atoms with E-state index in [2.05, 4.69) is 4.90 Å². The Balaban J connectivity index is 1.18. The maximum absolute atomic E-state index is 13.4. The molecule has 9 nitrogen and oxygen atoms in total. The molecule has 2 atom stereocenters. The van der Waals surface area contributed by atoms with Crippen LogP contribution in [0.5, 0.6) is 0 Å². The minimum absolute atomic E-state index is 0.0454. The number of piperidine rings is 1. The van der Waals surface area contributed by atoms with Crippen LogP contribution in [-0.4, -0.2) is 83.2 Å². The predicted octanol–water partition coefficient (Wildman–Crippen LogP) is 1.40. The summed E-state index contributed by atoms with van der Waals surface area (Å²) in [4.78, 5) is 29.1. The Morgan fingerprint density at radius 1 is 1.15 bits per heavy atom. The number of benzene rings is 1. The summed E-state index contributed by atoms with van der Waals surface area (Å²) in [5, 5.41) is 20.7. The molecule has 4 aliphatic heterocycles. The summed E-state index contributed by atoms with van der Waals surface area (Å²) in [6.07, 6.45) is 0.154. The van der Waals surface area contributed by atoms with Gasteiger partial charge in [0, 0.05) is 37.3 Å². The lowest BCUT2D eigenvalue weighted by atomic mass is 9.87. The zero-order valence-corrected chi connectivity index (χ0v) is 19.7. The van der Waals surface area contributed by atoms with Gasteiger partial charge in [0.1, 0.15) is 12.2 Å². The fourth-order valence-electron chi connectivity index (χ4n) is 5.51. The highest BCUT2D eigenvalue weighted by Gasteiger charge is 2.48. The maximum Gasteiger partial charge on any atom is 0.338 e. The lowest BCUT2D eigenvalue weighted by molar-refractivity contribution is -0.177. The largest absolute Gasteiger partial charge is 0.457 e. The van der Waals surface area contributed by atoms with E-state index in [0.29, 0.717) is 63.2 Å². The number of carbonyl (C=O) groups excluding carboxylic acids is 2. The Kier molecular flexibility index (Phi) is 6.24. The van der Waals surface area contributed by atoms with E-state index in [1.54, 1.807) is 17.9 Å². The number of cyclic esters (lactones) is 1. The van der Waals surface area contributed by atoms with Crippen molar-refractivity contribution in [1.82, 2.24) is 9.80 Å². The van der Waals surface area contributed by atoms with Crippen molar-refractivity contribution in [1.29, 1.82) is 0 Å². The van der Waals surface area contributed by atoms with E-state index < -0.39 is 18.0 Å². The molecular weight excluding hydrogens is 440 g/mol. The number of ether oxygens (including phenoxy) is 3. The molecule has 1 amide bonds. The molecule has 0 saturated carbocycles. The van der Waals surface area contributed by atoms with Crippen molar-refractivity contribution in [2.75, 3.05) is 39.4 Å². The molecule has 4 heterocycles. The van der Waals surface area contributed by atoms with Crippen LogP contribution in [0.1, 0.15) is 59.3 Å². The van der Waals surface area contributed by atoms with Gasteiger partial charge in [-0.15, -0.1) is 0 Å². The molecule has 1 spiro atoms. The lowest BCUT2D eigenvalue weighted by Gasteiger charge is -2.46. The number of esters is 1. The first-order valence-electron chi connectivity index (χ1n) is 12.0. The molecule has 184 valence electrons. The molecule has 2 fully saturated rings. The molecule has 2 saturated heterocycles. The lowest BCUT2D eigenvalue weighted by Crippen LogP contribution is -2.60. The maximum atomic E-state index is 13.4. The topological polar surface area (TPSA) is 109 Å². The van der Waals surface area contributed by atoms with E-state index >= 15 is 0 Å². The standard InChI is InChI=1S/C25H32N2O7/c1-15-17(3-4-18-19(15)13-32-23(18)30)21(28)5-8-26-9-6-25(7-10-26)24(31)27(11-12-34-25)20-14-33-22(29)16(20)2/h3-4,21-22,28-29H,5-14H2,1-2H3/t21-,22?/m1/s1. The van der Waals surface area contributed by atoms with E-state index in [0.717, 1.165) is 22.4 Å². The van der Waals surface area contributed by atoms with Crippen LogP contribution in [-0.2, 0) is 25.6 Å². The minimum Gasteiger partial charge on any atom is -0.457 e. The number of fused-ring (bicyclic) bond motifs is 1. The second-order valence-electron chi connectivity index (χ2n) is 9.62. The van der Waals surface area contributed by atoms with Crippen molar-refractivity contribution >= 4 is 11.9 Å². The van der Waals surface area contributed by atoms with Crippen LogP contribution in [0.3, 0.4) is 0 Å². The van der Waals surface area contributed by atoms with Gasteiger partial charge < -0.3 is 34.2 Å². The number of likely N-dealkylation sites (tertiary alicyclic amines) is 1. The van der Waals surface area contributed by atoms with Crippen LogP contribution in [0.2, 0.25) is 0 Å². The Labute approximate surface area is 198 Å². The smallest absolute Gasteiger partial charge is 0.338 e. The highest BCUT2D eigenvalue weighted by molar-refractivity contribution is 5.94. The summed E-state index contributed by atoms with van der Waals surface area (Å²) in [6, 6.07) is 3.56. The molecule has 5 rings (SSSR count). The number of carbonyl (C=O) groups is 2. The van der Waals surface area contributed by atoms with E-state index in [1.165, 1.54) is 0 Å². The average Bonchev–Trinajstić information content (AvgIpc) is 3.38. The molecular formula is C25H32N2O7. The number of aliphatic hydroxyl groups excluding tert-OH is 2. The number of rotatable bonds is 5. The quantitative estimate of drug-likeness (QED) is 0.620. The van der Waals surface area contributed by atoms with Gasteiger partial charge in [-0.05, 0) is 50.3 Å². The Bertz CT molecular complexity index is 1030. The molecule has 1 unspecified atom stereocenters. The van der Waals surface area contributed by atoms with E-state index in [4.69, 9.17) is 14.2 Å². The third-order valence-electron chi connectivity index (χ3n) is 7.81. The summed E-state index contributed by atoms with van der Waals surface area (Å²) in [6.45, 7) is 7.26. The summed E-state index contributed by atoms with van der Waals surface area (Å²) in [7, 11) is 0. The second kappa shape index (κ2) is 9.05. The van der Waals surface area contributed by atoms with E-state index in [1.807, 2.05) is 13.0 Å². The molecule has 1 aromatic carbocycles. The monoisotopic (exact) mass is 472 g/mol. The number of hydrogen-bond acceptors (Lipinski definition) is 8. The fraction of sp³-hybridized carbons (Fsp3) is 0.600. The number of nitrogens with zero attached hydrogens (tertiary/aromatic N) is 2. The molecule has 34 heavy (non-hydrogen) atoms. The van der Waals surface area contributed by atoms with Gasteiger partial charge in [-0.3, -0.25) is 4.79 Å². The third kappa shape index (κ3) is 3.95. The fourth-order valence-corrected chi connectivity index (χ4v) is 5.51. The highest BCUT2D eigenvalue weighted by Crippen LogP contribution is 2.36. The van der Waals surface area contributed by atoms with Crippen LogP contribution in [0.15, 0.2) is 23.4 Å². The molecule has 0 radical (unpaired) electrons. The van der Waals surface area contributed by atoms with Gasteiger partial charge in [0.25, 0.3) is 5.91 Å². The van der Waals surface area contributed by atoms with Crippen LogP contribution >= 0.6 is 0 Å². The number of amides is 1. The van der Waals surface area contributed by atoms with E-state index in [-0.39, 0.29) is 25.1 Å². The van der Waals surface area contributed by atoms with Crippen molar-refractivity contribution in [3.8, 4) is 0 Å². The minimum atomic E-state index is -0.947. The Hall–Kier alpha value is -2.30. The van der Waals surface area contributed by atoms with Crippen LogP contribution in [0, 0.1) is 6.92 Å². The summed E-state index contributed by atoms with van der Waals surface area (Å²) in [5.74, 6) is -0.349. The van der Waals surface area contributed by atoms with Crippen LogP contribution in [0.4, 0.5) is 0 Å². The zero-order chi connectivity index (χ0) is 24.0. The first-order valence-corrected chi connectivity index (χ1v) is 12.0. The molecule has 1 aromatic rings. The normalized spacial score (nSPS) is 25.8. The molecule has 4 aliphatic rings. The molecule has 0 bridgehead atoms. The first kappa shape index (κ1) is 23.4. The molecule has 9 heteroatoms. The van der Waals surface area contributed by atoms with Crippen molar-refractivity contribution in [2.45, 2.75) is 57.7 Å².